The number of hydrogen-bond acceptors (Lipinski definition) is 4. The second-order valence-corrected chi connectivity index (χ2v) is 3.56. The van der Waals surface area contributed by atoms with Gasteiger partial charge in [0.2, 0.25) is 0 Å². The summed E-state index contributed by atoms with van der Waals surface area (Å²) in [5.41, 5.74) is 0. The van der Waals surface area contributed by atoms with E-state index in [1.165, 1.54) is 0 Å². The van der Waals surface area contributed by atoms with Crippen molar-refractivity contribution in [2.24, 2.45) is 0 Å². The molecular formula is C10H15N5. The normalized spacial score (nSPS) is 13.2. The van der Waals surface area contributed by atoms with Gasteiger partial charge in [-0.05, 0) is 12.6 Å². The molecule has 1 N–H and O–H groups in total. The van der Waals surface area contributed by atoms with E-state index < -0.39 is 0 Å². The van der Waals surface area contributed by atoms with Crippen molar-refractivity contribution in [1.29, 1.82) is 0 Å². The lowest BCUT2D eigenvalue weighted by Crippen LogP contribution is -2.20. The van der Waals surface area contributed by atoms with Crippen molar-refractivity contribution in [2.45, 2.75) is 19.8 Å². The minimum absolute atomic E-state index is 0.337. The highest BCUT2D eigenvalue weighted by atomic mass is 15.3. The minimum Gasteiger partial charge on any atom is -0.316 e. The molecule has 0 aliphatic rings. The van der Waals surface area contributed by atoms with Gasteiger partial charge in [0.05, 0.1) is 0 Å². The van der Waals surface area contributed by atoms with Crippen LogP contribution in [-0.2, 0) is 0 Å². The Kier molecular flexibility index (Phi) is 2.91. The largest absolute Gasteiger partial charge is 0.316 e. The first-order chi connectivity index (χ1) is 7.33. The molecule has 2 aromatic heterocycles. The maximum Gasteiger partial charge on any atom is 0.254 e. The Hall–Kier alpha value is -1.49. The average molecular weight is 205 g/mol. The third kappa shape index (κ3) is 1.97. The standard InChI is InChI=1S/C10H15N5/c1-3-11-7-8(2)9-13-14-10-12-5-4-6-15(9)10/h4-6,8,11H,3,7H2,1-2H3. The fraction of sp³-hybridized carbons (Fsp3) is 0.500. The molecule has 0 bridgehead atoms. The molecule has 0 aliphatic carbocycles. The summed E-state index contributed by atoms with van der Waals surface area (Å²) in [6, 6.07) is 1.89. The minimum atomic E-state index is 0.337. The predicted molar refractivity (Wildman–Crippen MR) is 57.7 cm³/mol. The lowest BCUT2D eigenvalue weighted by atomic mass is 10.1. The van der Waals surface area contributed by atoms with E-state index >= 15 is 0 Å². The summed E-state index contributed by atoms with van der Waals surface area (Å²) in [5.74, 6) is 1.96. The first-order valence-electron chi connectivity index (χ1n) is 5.19. The second kappa shape index (κ2) is 4.35. The summed E-state index contributed by atoms with van der Waals surface area (Å²) in [7, 11) is 0. The molecule has 5 heteroatoms. The fourth-order valence-corrected chi connectivity index (χ4v) is 1.55. The molecule has 1 unspecified atom stereocenters. The first kappa shape index (κ1) is 10.0. The van der Waals surface area contributed by atoms with E-state index in [1.54, 1.807) is 6.20 Å². The van der Waals surface area contributed by atoms with Crippen LogP contribution in [0.1, 0.15) is 25.6 Å². The van der Waals surface area contributed by atoms with Crippen LogP contribution in [-0.4, -0.2) is 32.7 Å². The van der Waals surface area contributed by atoms with Gasteiger partial charge < -0.3 is 5.32 Å². The van der Waals surface area contributed by atoms with Crippen molar-refractivity contribution in [2.75, 3.05) is 13.1 Å². The van der Waals surface area contributed by atoms with E-state index in [9.17, 15) is 0 Å². The smallest absolute Gasteiger partial charge is 0.254 e. The van der Waals surface area contributed by atoms with Gasteiger partial charge in [0.1, 0.15) is 5.82 Å². The highest BCUT2D eigenvalue weighted by Crippen LogP contribution is 2.11. The van der Waals surface area contributed by atoms with Gasteiger partial charge in [-0.2, -0.15) is 0 Å². The lowest BCUT2D eigenvalue weighted by Gasteiger charge is -2.09. The Morgan fingerprint density at radius 3 is 3.13 bits per heavy atom. The van der Waals surface area contributed by atoms with Crippen molar-refractivity contribution in [1.82, 2.24) is 24.9 Å². The van der Waals surface area contributed by atoms with Crippen LogP contribution in [0.5, 0.6) is 0 Å². The number of aromatic nitrogens is 4. The summed E-state index contributed by atoms with van der Waals surface area (Å²) in [6.45, 7) is 6.10. The van der Waals surface area contributed by atoms with E-state index in [2.05, 4.69) is 34.3 Å². The number of likely N-dealkylation sites (N-methyl/N-ethyl adjacent to an activating group) is 1. The first-order valence-corrected chi connectivity index (χ1v) is 5.19. The van der Waals surface area contributed by atoms with Crippen LogP contribution < -0.4 is 5.32 Å². The van der Waals surface area contributed by atoms with Crippen LogP contribution in [0.2, 0.25) is 0 Å². The topological polar surface area (TPSA) is 55.1 Å². The summed E-state index contributed by atoms with van der Waals surface area (Å²) in [4.78, 5) is 4.13. The summed E-state index contributed by atoms with van der Waals surface area (Å²) >= 11 is 0. The van der Waals surface area contributed by atoms with Crippen LogP contribution in [0.15, 0.2) is 18.5 Å². The molecule has 0 aliphatic heterocycles. The number of nitrogens with zero attached hydrogens (tertiary/aromatic N) is 4. The summed E-state index contributed by atoms with van der Waals surface area (Å²) in [5, 5.41) is 11.5. The number of fused-ring (bicyclic) bond motifs is 1. The Morgan fingerprint density at radius 1 is 1.47 bits per heavy atom. The summed E-state index contributed by atoms with van der Waals surface area (Å²) in [6.07, 6.45) is 3.67. The van der Waals surface area contributed by atoms with Crippen LogP contribution in [0.25, 0.3) is 5.78 Å². The molecule has 0 saturated carbocycles. The molecule has 0 aromatic carbocycles. The fourth-order valence-electron chi connectivity index (χ4n) is 1.55. The van der Waals surface area contributed by atoms with Gasteiger partial charge in [-0.15, -0.1) is 10.2 Å². The zero-order chi connectivity index (χ0) is 10.7. The number of rotatable bonds is 4. The molecule has 0 spiro atoms. The molecule has 0 amide bonds. The molecule has 2 rings (SSSR count). The zero-order valence-corrected chi connectivity index (χ0v) is 9.01. The van der Waals surface area contributed by atoms with Gasteiger partial charge in [0.25, 0.3) is 5.78 Å². The van der Waals surface area contributed by atoms with Crippen molar-refractivity contribution >= 4 is 5.78 Å². The quantitative estimate of drug-likeness (QED) is 0.803. The highest BCUT2D eigenvalue weighted by Gasteiger charge is 2.12. The van der Waals surface area contributed by atoms with E-state index in [1.807, 2.05) is 16.7 Å². The molecule has 2 heterocycles. The maximum atomic E-state index is 4.16. The number of nitrogens with one attached hydrogen (secondary N) is 1. The third-order valence-electron chi connectivity index (χ3n) is 2.36. The predicted octanol–water partition coefficient (Wildman–Crippen LogP) is 0.837. The van der Waals surface area contributed by atoms with Crippen molar-refractivity contribution in [3.05, 3.63) is 24.3 Å². The molecule has 5 nitrogen and oxygen atoms in total. The molecule has 15 heavy (non-hydrogen) atoms. The molecule has 0 saturated heterocycles. The van der Waals surface area contributed by atoms with Gasteiger partial charge in [-0.3, -0.25) is 4.40 Å². The Balaban J connectivity index is 2.27. The van der Waals surface area contributed by atoms with Crippen LogP contribution in [0, 0.1) is 0 Å². The van der Waals surface area contributed by atoms with E-state index in [0.717, 1.165) is 18.9 Å². The van der Waals surface area contributed by atoms with E-state index in [-0.39, 0.29) is 0 Å². The lowest BCUT2D eigenvalue weighted by molar-refractivity contribution is 0.603. The van der Waals surface area contributed by atoms with Gasteiger partial charge in [-0.1, -0.05) is 13.8 Å². The third-order valence-corrected chi connectivity index (χ3v) is 2.36. The van der Waals surface area contributed by atoms with Gasteiger partial charge in [-0.25, -0.2) is 4.98 Å². The van der Waals surface area contributed by atoms with Crippen LogP contribution in [0.3, 0.4) is 0 Å². The molecule has 0 radical (unpaired) electrons. The maximum absolute atomic E-state index is 4.16. The molecule has 2 aromatic rings. The van der Waals surface area contributed by atoms with Gasteiger partial charge in [0.15, 0.2) is 0 Å². The molecule has 80 valence electrons. The molecule has 1 atom stereocenters. The molecule has 0 fully saturated rings. The highest BCUT2D eigenvalue weighted by molar-refractivity contribution is 5.27. The van der Waals surface area contributed by atoms with Crippen molar-refractivity contribution in [3.8, 4) is 0 Å². The molecular weight excluding hydrogens is 190 g/mol. The van der Waals surface area contributed by atoms with Gasteiger partial charge >= 0.3 is 0 Å². The Labute approximate surface area is 88.6 Å². The van der Waals surface area contributed by atoms with E-state index in [0.29, 0.717) is 11.7 Å². The number of hydrogen-bond donors (Lipinski definition) is 1. The zero-order valence-electron chi connectivity index (χ0n) is 9.01. The SMILES string of the molecule is CCNCC(C)c1nnc2ncccn12. The second-order valence-electron chi connectivity index (χ2n) is 3.56. The Morgan fingerprint density at radius 2 is 2.33 bits per heavy atom. The average Bonchev–Trinajstić information content (AvgIpc) is 2.69. The summed E-state index contributed by atoms with van der Waals surface area (Å²) < 4.78 is 1.93. The van der Waals surface area contributed by atoms with Crippen LogP contribution >= 0.6 is 0 Å². The van der Waals surface area contributed by atoms with Crippen LogP contribution in [0.4, 0.5) is 0 Å². The Bertz CT molecular complexity index is 436. The van der Waals surface area contributed by atoms with Crippen molar-refractivity contribution < 1.29 is 0 Å². The monoisotopic (exact) mass is 205 g/mol. The van der Waals surface area contributed by atoms with E-state index in [4.69, 9.17) is 0 Å². The van der Waals surface area contributed by atoms with Crippen molar-refractivity contribution in [3.63, 3.8) is 0 Å². The van der Waals surface area contributed by atoms with Gasteiger partial charge in [0, 0.05) is 24.9 Å².